The van der Waals surface area contributed by atoms with Gasteiger partial charge in [0.25, 0.3) is 5.91 Å². The lowest BCUT2D eigenvalue weighted by Gasteiger charge is -2.28. The van der Waals surface area contributed by atoms with Gasteiger partial charge >= 0.3 is 0 Å². The molecule has 2 fully saturated rings. The minimum absolute atomic E-state index is 0.127. The molecule has 0 spiro atoms. The number of hydrogen-bond acceptors (Lipinski definition) is 5. The monoisotopic (exact) mass is 353 g/mol. The molecule has 4 rings (SSSR count). The van der Waals surface area contributed by atoms with Gasteiger partial charge in [-0.05, 0) is 45.2 Å². The van der Waals surface area contributed by atoms with Crippen molar-refractivity contribution in [2.45, 2.75) is 32.1 Å². The van der Waals surface area contributed by atoms with E-state index in [2.05, 4.69) is 31.4 Å². The molecule has 0 radical (unpaired) electrons. The van der Waals surface area contributed by atoms with Gasteiger partial charge in [0.15, 0.2) is 11.5 Å². The topological polar surface area (TPSA) is 61.4 Å². The molecule has 2 aliphatic heterocycles. The molecule has 2 aromatic rings. The number of fused-ring (bicyclic) bond motifs is 1. The molecule has 1 aromatic heterocycles. The first-order valence-electron chi connectivity index (χ1n) is 9.84. The van der Waals surface area contributed by atoms with Gasteiger partial charge in [-0.15, -0.1) is 10.2 Å². The summed E-state index contributed by atoms with van der Waals surface area (Å²) >= 11 is 0. The van der Waals surface area contributed by atoms with E-state index < -0.39 is 0 Å². The van der Waals surface area contributed by atoms with Crippen molar-refractivity contribution >= 4 is 22.5 Å². The molecule has 0 saturated carbocycles. The second-order valence-corrected chi connectivity index (χ2v) is 7.27. The number of nitrogens with one attached hydrogen (secondary N) is 1. The Labute approximate surface area is 154 Å². The van der Waals surface area contributed by atoms with Crippen LogP contribution >= 0.6 is 0 Å². The van der Waals surface area contributed by atoms with E-state index in [0.717, 1.165) is 49.3 Å². The molecule has 0 aliphatic carbocycles. The maximum absolute atomic E-state index is 12.7. The fourth-order valence-electron chi connectivity index (χ4n) is 4.01. The largest absolute Gasteiger partial charge is 0.355 e. The highest BCUT2D eigenvalue weighted by atomic mass is 16.1. The van der Waals surface area contributed by atoms with Crippen molar-refractivity contribution in [1.29, 1.82) is 0 Å². The third-order valence-electron chi connectivity index (χ3n) is 5.45. The SMILES string of the molecule is O=C(NCCN1CCCC1)c1nnc(N2CCCCC2)c2ccccc12. The second-order valence-electron chi connectivity index (χ2n) is 7.27. The summed E-state index contributed by atoms with van der Waals surface area (Å²) in [4.78, 5) is 17.4. The number of benzene rings is 1. The number of carbonyl (C=O) groups excluding carboxylic acids is 1. The third-order valence-corrected chi connectivity index (χ3v) is 5.45. The van der Waals surface area contributed by atoms with Crippen LogP contribution in [0.1, 0.15) is 42.6 Å². The van der Waals surface area contributed by atoms with Gasteiger partial charge in [0, 0.05) is 37.0 Å². The smallest absolute Gasteiger partial charge is 0.272 e. The van der Waals surface area contributed by atoms with E-state index in [9.17, 15) is 4.79 Å². The van der Waals surface area contributed by atoms with Crippen LogP contribution in [0.5, 0.6) is 0 Å². The number of carbonyl (C=O) groups is 1. The number of hydrogen-bond donors (Lipinski definition) is 1. The van der Waals surface area contributed by atoms with Crippen LogP contribution in [0.4, 0.5) is 5.82 Å². The zero-order valence-electron chi connectivity index (χ0n) is 15.3. The predicted molar refractivity (Wildman–Crippen MR) is 104 cm³/mol. The van der Waals surface area contributed by atoms with Gasteiger partial charge in [0.2, 0.25) is 0 Å². The Morgan fingerprint density at radius 3 is 2.38 bits per heavy atom. The molecule has 138 valence electrons. The summed E-state index contributed by atoms with van der Waals surface area (Å²) in [6, 6.07) is 8.00. The van der Waals surface area contributed by atoms with E-state index in [4.69, 9.17) is 0 Å². The average molecular weight is 353 g/mol. The van der Waals surface area contributed by atoms with Gasteiger partial charge < -0.3 is 15.1 Å². The fraction of sp³-hybridized carbons (Fsp3) is 0.550. The molecule has 26 heavy (non-hydrogen) atoms. The maximum atomic E-state index is 12.7. The Kier molecular flexibility index (Phi) is 5.29. The quantitative estimate of drug-likeness (QED) is 0.895. The molecule has 1 amide bonds. The molecule has 0 unspecified atom stereocenters. The van der Waals surface area contributed by atoms with E-state index in [1.54, 1.807) is 0 Å². The number of likely N-dealkylation sites (tertiary alicyclic amines) is 1. The molecule has 0 bridgehead atoms. The Morgan fingerprint density at radius 1 is 0.923 bits per heavy atom. The Morgan fingerprint density at radius 2 is 1.62 bits per heavy atom. The van der Waals surface area contributed by atoms with Crippen LogP contribution in [-0.4, -0.2) is 60.3 Å². The van der Waals surface area contributed by atoms with E-state index in [1.165, 1.54) is 32.1 Å². The van der Waals surface area contributed by atoms with Crippen molar-refractivity contribution in [3.63, 3.8) is 0 Å². The molecule has 2 saturated heterocycles. The normalized spacial score (nSPS) is 18.4. The first kappa shape index (κ1) is 17.2. The van der Waals surface area contributed by atoms with Crippen molar-refractivity contribution in [1.82, 2.24) is 20.4 Å². The summed E-state index contributed by atoms with van der Waals surface area (Å²) < 4.78 is 0. The minimum Gasteiger partial charge on any atom is -0.355 e. The summed E-state index contributed by atoms with van der Waals surface area (Å²) in [5.41, 5.74) is 0.433. The van der Waals surface area contributed by atoms with Gasteiger partial charge in [-0.1, -0.05) is 24.3 Å². The highest BCUT2D eigenvalue weighted by Gasteiger charge is 2.20. The lowest BCUT2D eigenvalue weighted by Crippen LogP contribution is -2.34. The number of aromatic nitrogens is 2. The van der Waals surface area contributed by atoms with Crippen LogP contribution in [0.3, 0.4) is 0 Å². The van der Waals surface area contributed by atoms with Crippen LogP contribution in [-0.2, 0) is 0 Å². The Hall–Kier alpha value is -2.21. The maximum Gasteiger partial charge on any atom is 0.272 e. The molecule has 6 heteroatoms. The predicted octanol–water partition coefficient (Wildman–Crippen LogP) is 2.45. The molecular formula is C20H27N5O. The molecular weight excluding hydrogens is 326 g/mol. The van der Waals surface area contributed by atoms with E-state index in [0.29, 0.717) is 12.2 Å². The molecule has 1 aromatic carbocycles. The van der Waals surface area contributed by atoms with Gasteiger partial charge in [0.05, 0.1) is 0 Å². The van der Waals surface area contributed by atoms with Gasteiger partial charge in [-0.3, -0.25) is 4.79 Å². The number of nitrogens with zero attached hydrogens (tertiary/aromatic N) is 4. The number of rotatable bonds is 5. The standard InChI is InChI=1S/C20H27N5O/c26-20(21-10-15-24-11-6-7-12-24)18-16-8-2-3-9-17(16)19(23-22-18)25-13-4-1-5-14-25/h2-3,8-9H,1,4-7,10-15H2,(H,21,26). The Bertz CT molecular complexity index is 766. The van der Waals surface area contributed by atoms with Crippen molar-refractivity contribution in [3.05, 3.63) is 30.0 Å². The molecule has 6 nitrogen and oxygen atoms in total. The zero-order valence-corrected chi connectivity index (χ0v) is 15.3. The van der Waals surface area contributed by atoms with E-state index in [1.807, 2.05) is 18.2 Å². The van der Waals surface area contributed by atoms with Gasteiger partial charge in [-0.25, -0.2) is 0 Å². The summed E-state index contributed by atoms with van der Waals surface area (Å²) in [5, 5.41) is 13.7. The zero-order chi connectivity index (χ0) is 17.8. The molecule has 3 heterocycles. The molecule has 2 aliphatic rings. The first-order valence-corrected chi connectivity index (χ1v) is 9.84. The summed E-state index contributed by atoms with van der Waals surface area (Å²) in [5.74, 6) is 0.784. The number of piperidine rings is 1. The second kappa shape index (κ2) is 7.99. The molecule has 0 atom stereocenters. The van der Waals surface area contributed by atoms with Crippen LogP contribution in [0.25, 0.3) is 10.8 Å². The minimum atomic E-state index is -0.127. The fourth-order valence-corrected chi connectivity index (χ4v) is 4.01. The molecule has 1 N–H and O–H groups in total. The average Bonchev–Trinajstić information content (AvgIpc) is 3.21. The van der Waals surface area contributed by atoms with Crippen molar-refractivity contribution in [3.8, 4) is 0 Å². The van der Waals surface area contributed by atoms with Crippen molar-refractivity contribution in [2.75, 3.05) is 44.2 Å². The van der Waals surface area contributed by atoms with Gasteiger partial charge in [0.1, 0.15) is 0 Å². The number of anilines is 1. The van der Waals surface area contributed by atoms with E-state index in [-0.39, 0.29) is 5.91 Å². The van der Waals surface area contributed by atoms with Crippen LogP contribution < -0.4 is 10.2 Å². The summed E-state index contributed by atoms with van der Waals surface area (Å²) in [6.45, 7) is 5.87. The van der Waals surface area contributed by atoms with Crippen molar-refractivity contribution < 1.29 is 4.79 Å². The Balaban J connectivity index is 1.52. The number of amides is 1. The van der Waals surface area contributed by atoms with Crippen LogP contribution in [0.2, 0.25) is 0 Å². The first-order chi connectivity index (χ1) is 12.8. The van der Waals surface area contributed by atoms with Crippen molar-refractivity contribution in [2.24, 2.45) is 0 Å². The van der Waals surface area contributed by atoms with Crippen LogP contribution in [0.15, 0.2) is 24.3 Å². The van der Waals surface area contributed by atoms with Gasteiger partial charge in [-0.2, -0.15) is 0 Å². The van der Waals surface area contributed by atoms with E-state index >= 15 is 0 Å². The van der Waals surface area contributed by atoms with Crippen LogP contribution in [0, 0.1) is 0 Å². The lowest BCUT2D eigenvalue weighted by atomic mass is 10.1. The summed E-state index contributed by atoms with van der Waals surface area (Å²) in [7, 11) is 0. The third kappa shape index (κ3) is 3.65. The lowest BCUT2D eigenvalue weighted by molar-refractivity contribution is 0.0945. The highest BCUT2D eigenvalue weighted by Crippen LogP contribution is 2.27. The summed E-state index contributed by atoms with van der Waals surface area (Å²) in [6.07, 6.45) is 6.19. The highest BCUT2D eigenvalue weighted by molar-refractivity contribution is 6.07.